The molecule has 0 spiro atoms. The van der Waals surface area contributed by atoms with Gasteiger partial charge in [0, 0.05) is 10.9 Å². The van der Waals surface area contributed by atoms with Gasteiger partial charge in [0.2, 0.25) is 0 Å². The van der Waals surface area contributed by atoms with E-state index in [9.17, 15) is 4.79 Å². The average molecular weight is 280 g/mol. The van der Waals surface area contributed by atoms with Crippen LogP contribution in [0.5, 0.6) is 0 Å². The fourth-order valence-corrected chi connectivity index (χ4v) is 14.1. The summed E-state index contributed by atoms with van der Waals surface area (Å²) in [5.41, 5.74) is 0.763. The lowest BCUT2D eigenvalue weighted by atomic mass is 10.2. The van der Waals surface area contributed by atoms with Crippen LogP contribution < -0.4 is 5.32 Å². The molecule has 0 aliphatic rings. The van der Waals surface area contributed by atoms with Gasteiger partial charge >= 0.3 is 0 Å². The van der Waals surface area contributed by atoms with Crippen LogP contribution in [0.1, 0.15) is 10.4 Å². The number of carbonyl (C=O) groups excluding carboxylic acids is 1. The highest BCUT2D eigenvalue weighted by molar-refractivity contribution is 6.96. The van der Waals surface area contributed by atoms with Crippen LogP contribution in [0.3, 0.4) is 0 Å². The molecule has 18 heavy (non-hydrogen) atoms. The largest absolute Gasteiger partial charge is 0.355 e. The van der Waals surface area contributed by atoms with Gasteiger partial charge in [0.1, 0.15) is 0 Å². The number of rotatable bonds is 4. The Kier molecular flexibility index (Phi) is 4.56. The normalized spacial score (nSPS) is 12.6. The van der Waals surface area contributed by atoms with Crippen LogP contribution in [0.25, 0.3) is 0 Å². The lowest BCUT2D eigenvalue weighted by Crippen LogP contribution is -2.63. The third-order valence-electron chi connectivity index (χ3n) is 3.04. The van der Waals surface area contributed by atoms with Crippen LogP contribution in [0.2, 0.25) is 39.3 Å². The van der Waals surface area contributed by atoms with Gasteiger partial charge in [-0.05, 0) is 12.1 Å². The smallest absolute Gasteiger partial charge is 0.250 e. The molecule has 1 N–H and O–H groups in total. The zero-order chi connectivity index (χ0) is 14.0. The molecule has 1 rings (SSSR count). The summed E-state index contributed by atoms with van der Waals surface area (Å²) in [7, 11) is -2.78. The first kappa shape index (κ1) is 15.2. The van der Waals surface area contributed by atoms with Gasteiger partial charge in [-0.3, -0.25) is 4.79 Å². The van der Waals surface area contributed by atoms with E-state index in [4.69, 9.17) is 0 Å². The Bertz CT molecular complexity index is 390. The standard InChI is InChI=1S/C14H25NOSi2/c1-17(2,3)14(18(4,5)6)15-13(16)12-10-8-7-9-11-12/h7-11,14H,1-6H3,(H,15,16). The summed E-state index contributed by atoms with van der Waals surface area (Å²) in [6.45, 7) is 14.0. The van der Waals surface area contributed by atoms with E-state index in [0.29, 0.717) is 5.29 Å². The van der Waals surface area contributed by atoms with Gasteiger partial charge in [-0.1, -0.05) is 57.5 Å². The molecule has 0 bridgehead atoms. The molecule has 0 fully saturated rings. The van der Waals surface area contributed by atoms with Crippen molar-refractivity contribution in [3.05, 3.63) is 35.9 Å². The Balaban J connectivity index is 2.90. The Morgan fingerprint density at radius 2 is 1.39 bits per heavy atom. The van der Waals surface area contributed by atoms with Crippen molar-refractivity contribution in [1.29, 1.82) is 0 Å². The first-order chi connectivity index (χ1) is 8.12. The Labute approximate surface area is 113 Å². The van der Waals surface area contributed by atoms with Crippen molar-refractivity contribution in [2.45, 2.75) is 44.6 Å². The van der Waals surface area contributed by atoms with Crippen molar-refractivity contribution in [2.75, 3.05) is 0 Å². The molecule has 4 heteroatoms. The zero-order valence-electron chi connectivity index (χ0n) is 12.4. The maximum atomic E-state index is 12.3. The second kappa shape index (κ2) is 5.40. The second-order valence-corrected chi connectivity index (χ2v) is 18.2. The van der Waals surface area contributed by atoms with E-state index >= 15 is 0 Å². The predicted octanol–water partition coefficient (Wildman–Crippen LogP) is 3.54. The first-order valence-electron chi connectivity index (χ1n) is 6.48. The van der Waals surface area contributed by atoms with E-state index in [0.717, 1.165) is 5.56 Å². The number of amides is 1. The fourth-order valence-electron chi connectivity index (χ4n) is 2.54. The molecule has 0 unspecified atom stereocenters. The Hall–Kier alpha value is -0.876. The van der Waals surface area contributed by atoms with E-state index in [1.54, 1.807) is 0 Å². The first-order valence-corrected chi connectivity index (χ1v) is 13.6. The third kappa shape index (κ3) is 4.10. The Morgan fingerprint density at radius 3 is 1.78 bits per heavy atom. The zero-order valence-corrected chi connectivity index (χ0v) is 14.4. The van der Waals surface area contributed by atoms with E-state index in [1.807, 2.05) is 30.3 Å². The van der Waals surface area contributed by atoms with Crippen LogP contribution in [0, 0.1) is 0 Å². The summed E-state index contributed by atoms with van der Waals surface area (Å²) < 4.78 is 0. The highest BCUT2D eigenvalue weighted by Gasteiger charge is 2.38. The molecule has 2 nitrogen and oxygen atoms in total. The molecule has 1 amide bonds. The van der Waals surface area contributed by atoms with Crippen LogP contribution in [0.15, 0.2) is 30.3 Å². The molecular weight excluding hydrogens is 254 g/mol. The summed E-state index contributed by atoms with van der Waals surface area (Å²) in [6.07, 6.45) is 0. The van der Waals surface area contributed by atoms with Crippen LogP contribution in [0.4, 0.5) is 0 Å². The minimum absolute atomic E-state index is 0.0745. The lowest BCUT2D eigenvalue weighted by molar-refractivity contribution is 0.0954. The summed E-state index contributed by atoms with van der Waals surface area (Å²) in [5.74, 6) is 0.0745. The predicted molar refractivity (Wildman–Crippen MR) is 84.4 cm³/mol. The summed E-state index contributed by atoms with van der Waals surface area (Å²) in [4.78, 5) is 12.3. The van der Waals surface area contributed by atoms with Gasteiger partial charge in [-0.15, -0.1) is 0 Å². The minimum atomic E-state index is -1.39. The minimum Gasteiger partial charge on any atom is -0.355 e. The van der Waals surface area contributed by atoms with Crippen molar-refractivity contribution in [3.63, 3.8) is 0 Å². The average Bonchev–Trinajstić information content (AvgIpc) is 2.23. The van der Waals surface area contributed by atoms with Gasteiger partial charge in [0.15, 0.2) is 0 Å². The third-order valence-corrected chi connectivity index (χ3v) is 12.0. The van der Waals surface area contributed by atoms with Gasteiger partial charge in [0.25, 0.3) is 5.91 Å². The highest BCUT2D eigenvalue weighted by Crippen LogP contribution is 2.19. The molecule has 0 aliphatic heterocycles. The maximum absolute atomic E-state index is 12.3. The van der Waals surface area contributed by atoms with Gasteiger partial charge in [-0.25, -0.2) is 0 Å². The summed E-state index contributed by atoms with van der Waals surface area (Å²) >= 11 is 0. The number of hydrogen-bond donors (Lipinski definition) is 1. The molecule has 0 aromatic heterocycles. The Morgan fingerprint density at radius 1 is 0.944 bits per heavy atom. The molecule has 0 atom stereocenters. The molecule has 1 aromatic rings. The van der Waals surface area contributed by atoms with Crippen molar-refractivity contribution >= 4 is 22.1 Å². The van der Waals surface area contributed by atoms with Crippen LogP contribution in [-0.2, 0) is 0 Å². The molecule has 0 aliphatic carbocycles. The molecule has 0 heterocycles. The monoisotopic (exact) mass is 279 g/mol. The number of benzene rings is 1. The quantitative estimate of drug-likeness (QED) is 0.839. The molecule has 100 valence electrons. The highest BCUT2D eigenvalue weighted by atomic mass is 28.4. The van der Waals surface area contributed by atoms with E-state index in [-0.39, 0.29) is 5.91 Å². The van der Waals surface area contributed by atoms with E-state index in [1.165, 1.54) is 0 Å². The molecule has 1 aromatic carbocycles. The molecule has 0 radical (unpaired) electrons. The van der Waals surface area contributed by atoms with Crippen LogP contribution >= 0.6 is 0 Å². The molecular formula is C14H25NOSi2. The number of hydrogen-bond acceptors (Lipinski definition) is 1. The number of nitrogens with one attached hydrogen (secondary N) is 1. The van der Waals surface area contributed by atoms with Crippen LogP contribution in [-0.4, -0.2) is 27.3 Å². The number of carbonyl (C=O) groups is 1. The lowest BCUT2D eigenvalue weighted by Gasteiger charge is -2.38. The van der Waals surface area contributed by atoms with Crippen molar-refractivity contribution in [3.8, 4) is 0 Å². The fraction of sp³-hybridized carbons (Fsp3) is 0.500. The van der Waals surface area contributed by atoms with Crippen molar-refractivity contribution in [2.24, 2.45) is 0 Å². The van der Waals surface area contributed by atoms with E-state index < -0.39 is 16.1 Å². The SMILES string of the molecule is C[Si](C)(C)C(NC(=O)c1ccccc1)[Si](C)(C)C. The molecule has 0 saturated heterocycles. The van der Waals surface area contributed by atoms with E-state index in [2.05, 4.69) is 44.6 Å². The van der Waals surface area contributed by atoms with Gasteiger partial charge in [0.05, 0.1) is 16.1 Å². The maximum Gasteiger partial charge on any atom is 0.250 e. The van der Waals surface area contributed by atoms with Gasteiger partial charge < -0.3 is 5.32 Å². The van der Waals surface area contributed by atoms with Gasteiger partial charge in [-0.2, -0.15) is 0 Å². The summed E-state index contributed by atoms with van der Waals surface area (Å²) in [6, 6.07) is 9.51. The topological polar surface area (TPSA) is 29.1 Å². The molecule has 0 saturated carbocycles. The summed E-state index contributed by atoms with van der Waals surface area (Å²) in [5, 5.41) is 3.70. The van der Waals surface area contributed by atoms with Crippen molar-refractivity contribution in [1.82, 2.24) is 5.32 Å². The van der Waals surface area contributed by atoms with Crippen molar-refractivity contribution < 1.29 is 4.79 Å². The second-order valence-electron chi connectivity index (χ2n) is 7.00.